The van der Waals surface area contributed by atoms with Crippen molar-refractivity contribution in [2.45, 2.75) is 17.8 Å². The van der Waals surface area contributed by atoms with Crippen molar-refractivity contribution in [3.63, 3.8) is 0 Å². The summed E-state index contributed by atoms with van der Waals surface area (Å²) >= 11 is 9.19. The van der Waals surface area contributed by atoms with Gasteiger partial charge in [0.1, 0.15) is 10.8 Å². The van der Waals surface area contributed by atoms with Crippen molar-refractivity contribution in [1.82, 2.24) is 19.7 Å². The SMILES string of the molecule is Cc1nnc(SCc2csc(-c3ccc(Cl)cc3)n2)n1C. The average Bonchev–Trinajstić information content (AvgIpc) is 3.07. The maximum Gasteiger partial charge on any atom is 0.191 e. The number of nitrogens with zero attached hydrogens (tertiary/aromatic N) is 4. The maximum atomic E-state index is 5.90. The monoisotopic (exact) mass is 336 g/mol. The average molecular weight is 337 g/mol. The molecule has 0 atom stereocenters. The summed E-state index contributed by atoms with van der Waals surface area (Å²) in [6.45, 7) is 1.94. The quantitative estimate of drug-likeness (QED) is 0.670. The van der Waals surface area contributed by atoms with E-state index in [9.17, 15) is 0 Å². The Hall–Kier alpha value is -1.37. The fourth-order valence-corrected chi connectivity index (χ4v) is 3.66. The lowest BCUT2D eigenvalue weighted by Gasteiger charge is -1.99. The van der Waals surface area contributed by atoms with Crippen molar-refractivity contribution in [1.29, 1.82) is 0 Å². The van der Waals surface area contributed by atoms with Crippen LogP contribution in [0.2, 0.25) is 5.02 Å². The number of hydrogen-bond acceptors (Lipinski definition) is 5. The molecule has 0 saturated carbocycles. The Bertz CT molecular complexity index is 749. The van der Waals surface area contributed by atoms with Gasteiger partial charge in [-0.3, -0.25) is 0 Å². The van der Waals surface area contributed by atoms with E-state index in [1.54, 1.807) is 23.1 Å². The molecule has 0 aliphatic rings. The molecule has 108 valence electrons. The van der Waals surface area contributed by atoms with Gasteiger partial charge in [-0.25, -0.2) is 4.98 Å². The molecule has 0 aliphatic carbocycles. The van der Waals surface area contributed by atoms with Crippen molar-refractivity contribution in [3.8, 4) is 10.6 Å². The van der Waals surface area contributed by atoms with E-state index < -0.39 is 0 Å². The van der Waals surface area contributed by atoms with E-state index >= 15 is 0 Å². The van der Waals surface area contributed by atoms with Gasteiger partial charge in [0, 0.05) is 28.8 Å². The molecule has 0 spiro atoms. The minimum Gasteiger partial charge on any atom is -0.309 e. The number of aryl methyl sites for hydroxylation is 1. The summed E-state index contributed by atoms with van der Waals surface area (Å²) in [5.74, 6) is 1.70. The summed E-state index contributed by atoms with van der Waals surface area (Å²) < 4.78 is 1.98. The number of halogens is 1. The number of benzene rings is 1. The molecule has 0 fully saturated rings. The van der Waals surface area contributed by atoms with Crippen LogP contribution in [-0.2, 0) is 12.8 Å². The maximum absolute atomic E-state index is 5.90. The first-order valence-electron chi connectivity index (χ1n) is 6.32. The van der Waals surface area contributed by atoms with Crippen molar-refractivity contribution in [3.05, 3.63) is 46.2 Å². The highest BCUT2D eigenvalue weighted by Crippen LogP contribution is 2.28. The lowest BCUT2D eigenvalue weighted by molar-refractivity contribution is 0.765. The molecule has 3 aromatic rings. The van der Waals surface area contributed by atoms with Gasteiger partial charge in [-0.2, -0.15) is 0 Å². The molecule has 1 aromatic carbocycles. The van der Waals surface area contributed by atoms with Crippen molar-refractivity contribution < 1.29 is 0 Å². The molecule has 0 unspecified atom stereocenters. The Morgan fingerprint density at radius 2 is 2.00 bits per heavy atom. The molecule has 3 rings (SSSR count). The molecule has 7 heteroatoms. The lowest BCUT2D eigenvalue weighted by Crippen LogP contribution is -1.93. The molecule has 21 heavy (non-hydrogen) atoms. The zero-order valence-electron chi connectivity index (χ0n) is 11.6. The first kappa shape index (κ1) is 14.6. The summed E-state index contributed by atoms with van der Waals surface area (Å²) in [5.41, 5.74) is 2.14. The van der Waals surface area contributed by atoms with E-state index in [0.29, 0.717) is 0 Å². The normalized spacial score (nSPS) is 11.0. The second kappa shape index (κ2) is 6.17. The molecular formula is C14H13ClN4S2. The van der Waals surface area contributed by atoms with Crippen LogP contribution in [-0.4, -0.2) is 19.7 Å². The highest BCUT2D eigenvalue weighted by molar-refractivity contribution is 7.98. The molecule has 0 amide bonds. The second-order valence-corrected chi connectivity index (χ2v) is 6.77. The van der Waals surface area contributed by atoms with Gasteiger partial charge in [0.25, 0.3) is 0 Å². The standard InChI is InChI=1S/C14H13ClN4S2/c1-9-17-18-14(19(9)2)21-8-12-7-20-13(16-12)10-3-5-11(15)6-4-10/h3-7H,8H2,1-2H3. The van der Waals surface area contributed by atoms with Crippen LogP contribution in [0.15, 0.2) is 34.8 Å². The van der Waals surface area contributed by atoms with E-state index in [0.717, 1.165) is 38.0 Å². The third kappa shape index (κ3) is 3.28. The zero-order chi connectivity index (χ0) is 14.8. The van der Waals surface area contributed by atoms with Gasteiger partial charge in [0.05, 0.1) is 5.69 Å². The van der Waals surface area contributed by atoms with Crippen molar-refractivity contribution in [2.75, 3.05) is 0 Å². The van der Waals surface area contributed by atoms with Crippen LogP contribution in [0.5, 0.6) is 0 Å². The first-order chi connectivity index (χ1) is 10.1. The highest BCUT2D eigenvalue weighted by Gasteiger charge is 2.09. The lowest BCUT2D eigenvalue weighted by atomic mass is 10.2. The summed E-state index contributed by atoms with van der Waals surface area (Å²) in [6, 6.07) is 7.75. The van der Waals surface area contributed by atoms with Crippen LogP contribution in [0, 0.1) is 6.92 Å². The van der Waals surface area contributed by atoms with Crippen LogP contribution < -0.4 is 0 Å². The van der Waals surface area contributed by atoms with Gasteiger partial charge < -0.3 is 4.57 Å². The fourth-order valence-electron chi connectivity index (χ4n) is 1.75. The number of thiazole rings is 1. The topological polar surface area (TPSA) is 43.6 Å². The molecule has 2 aromatic heterocycles. The molecular weight excluding hydrogens is 324 g/mol. The summed E-state index contributed by atoms with van der Waals surface area (Å²) in [4.78, 5) is 4.66. The van der Waals surface area contributed by atoms with Crippen LogP contribution in [0.1, 0.15) is 11.5 Å². The van der Waals surface area contributed by atoms with E-state index in [-0.39, 0.29) is 0 Å². The largest absolute Gasteiger partial charge is 0.309 e. The third-order valence-electron chi connectivity index (χ3n) is 3.04. The van der Waals surface area contributed by atoms with Crippen molar-refractivity contribution >= 4 is 34.7 Å². The van der Waals surface area contributed by atoms with Crippen molar-refractivity contribution in [2.24, 2.45) is 7.05 Å². The molecule has 0 aliphatic heterocycles. The van der Waals surface area contributed by atoms with Gasteiger partial charge in [-0.15, -0.1) is 21.5 Å². The van der Waals surface area contributed by atoms with Crippen LogP contribution >= 0.6 is 34.7 Å². The summed E-state index contributed by atoms with van der Waals surface area (Å²) in [5, 5.41) is 12.9. The van der Waals surface area contributed by atoms with Gasteiger partial charge in [0.15, 0.2) is 5.16 Å². The number of aromatic nitrogens is 4. The summed E-state index contributed by atoms with van der Waals surface area (Å²) in [6.07, 6.45) is 0. The van der Waals surface area contributed by atoms with Crippen LogP contribution in [0.3, 0.4) is 0 Å². The Labute approximate surface area is 136 Å². The Morgan fingerprint density at radius 1 is 1.24 bits per heavy atom. The van der Waals surface area contributed by atoms with Gasteiger partial charge in [0.2, 0.25) is 0 Å². The van der Waals surface area contributed by atoms with E-state index in [2.05, 4.69) is 20.6 Å². The van der Waals surface area contributed by atoms with E-state index in [1.807, 2.05) is 42.8 Å². The Kier molecular flexibility index (Phi) is 4.28. The smallest absolute Gasteiger partial charge is 0.191 e. The second-order valence-electron chi connectivity index (χ2n) is 4.53. The predicted molar refractivity (Wildman–Crippen MR) is 87.9 cm³/mol. The third-order valence-corrected chi connectivity index (χ3v) is 5.29. The van der Waals surface area contributed by atoms with Crippen LogP contribution in [0.4, 0.5) is 0 Å². The molecule has 0 saturated heterocycles. The molecule has 0 bridgehead atoms. The highest BCUT2D eigenvalue weighted by atomic mass is 35.5. The van der Waals surface area contributed by atoms with Crippen LogP contribution in [0.25, 0.3) is 10.6 Å². The fraction of sp³-hybridized carbons (Fsp3) is 0.214. The molecule has 2 heterocycles. The first-order valence-corrected chi connectivity index (χ1v) is 8.57. The Balaban J connectivity index is 1.70. The van der Waals surface area contributed by atoms with E-state index in [4.69, 9.17) is 11.6 Å². The predicted octanol–water partition coefficient (Wildman–Crippen LogP) is 4.19. The van der Waals surface area contributed by atoms with Gasteiger partial charge >= 0.3 is 0 Å². The number of rotatable bonds is 4. The van der Waals surface area contributed by atoms with E-state index in [1.165, 1.54) is 0 Å². The number of hydrogen-bond donors (Lipinski definition) is 0. The van der Waals surface area contributed by atoms with Gasteiger partial charge in [-0.1, -0.05) is 35.5 Å². The zero-order valence-corrected chi connectivity index (χ0v) is 14.0. The molecule has 0 radical (unpaired) electrons. The summed E-state index contributed by atoms with van der Waals surface area (Å²) in [7, 11) is 1.97. The Morgan fingerprint density at radius 3 is 2.67 bits per heavy atom. The van der Waals surface area contributed by atoms with Gasteiger partial charge in [-0.05, 0) is 19.1 Å². The minimum absolute atomic E-state index is 0.740. The molecule has 4 nitrogen and oxygen atoms in total. The number of thioether (sulfide) groups is 1. The molecule has 0 N–H and O–H groups in total. The minimum atomic E-state index is 0.740.